The fourth-order valence-corrected chi connectivity index (χ4v) is 6.44. The van der Waals surface area contributed by atoms with Gasteiger partial charge in [0.25, 0.3) is 5.91 Å². The predicted molar refractivity (Wildman–Crippen MR) is 189 cm³/mol. The molecule has 1 atom stereocenters. The number of carbonyl (C=O) groups excluding carboxylic acids is 3. The van der Waals surface area contributed by atoms with Crippen LogP contribution in [-0.4, -0.2) is 60.1 Å². The molecule has 0 aromatic heterocycles. The highest BCUT2D eigenvalue weighted by Crippen LogP contribution is 2.35. The van der Waals surface area contributed by atoms with Crippen molar-refractivity contribution in [1.29, 1.82) is 0 Å². The van der Waals surface area contributed by atoms with Crippen LogP contribution in [0.15, 0.2) is 97.1 Å². The number of phenolic OH excluding ortho intramolecular Hbond substituents is 1. The number of nitrogens with zero attached hydrogens (tertiary/aromatic N) is 1. The molecule has 2 heterocycles. The van der Waals surface area contributed by atoms with Crippen LogP contribution in [0.3, 0.4) is 0 Å². The lowest BCUT2D eigenvalue weighted by molar-refractivity contribution is -0.136. The summed E-state index contributed by atoms with van der Waals surface area (Å²) in [6.07, 6.45) is 2.23. The van der Waals surface area contributed by atoms with E-state index in [0.717, 1.165) is 46.5 Å². The lowest BCUT2D eigenvalue weighted by Crippen LogP contribution is -2.52. The number of benzene rings is 4. The number of hydrogen-bond donors (Lipinski definition) is 3. The molecule has 0 bridgehead atoms. The van der Waals surface area contributed by atoms with Gasteiger partial charge >= 0.3 is 0 Å². The molecule has 3 N–H and O–H groups in total. The molecule has 1 saturated heterocycles. The van der Waals surface area contributed by atoms with Crippen molar-refractivity contribution in [3.05, 3.63) is 125 Å². The van der Waals surface area contributed by atoms with E-state index in [1.54, 1.807) is 23.1 Å². The number of aromatic hydroxyl groups is 1. The van der Waals surface area contributed by atoms with Gasteiger partial charge in [-0.05, 0) is 95.1 Å². The van der Waals surface area contributed by atoms with E-state index in [2.05, 4.69) is 54.0 Å². The van der Waals surface area contributed by atoms with Gasteiger partial charge in [0.05, 0.1) is 6.61 Å². The molecule has 1 unspecified atom stereocenters. The van der Waals surface area contributed by atoms with Crippen molar-refractivity contribution in [3.8, 4) is 11.5 Å². The largest absolute Gasteiger partial charge is 0.508 e. The summed E-state index contributed by atoms with van der Waals surface area (Å²) in [6, 6.07) is 30.8. The second-order valence-corrected chi connectivity index (χ2v) is 12.2. The number of allylic oxidation sites excluding steroid dienone is 1. The van der Waals surface area contributed by atoms with Crippen LogP contribution in [0.2, 0.25) is 0 Å². The fourth-order valence-electron chi connectivity index (χ4n) is 6.44. The van der Waals surface area contributed by atoms with Crippen molar-refractivity contribution >= 4 is 34.6 Å². The lowest BCUT2D eigenvalue weighted by Gasteiger charge is -2.29. The highest BCUT2D eigenvalue weighted by atomic mass is 16.5. The first-order valence-corrected chi connectivity index (χ1v) is 16.8. The van der Waals surface area contributed by atoms with Gasteiger partial charge < -0.3 is 24.8 Å². The number of imide groups is 1. The third-order valence-electron chi connectivity index (χ3n) is 8.89. The highest BCUT2D eigenvalue weighted by Gasteiger charge is 2.39. The van der Waals surface area contributed by atoms with Crippen LogP contribution in [0, 0.1) is 0 Å². The van der Waals surface area contributed by atoms with Crippen LogP contribution in [0.25, 0.3) is 11.1 Å². The van der Waals surface area contributed by atoms with Gasteiger partial charge in [0, 0.05) is 37.4 Å². The van der Waals surface area contributed by atoms with Gasteiger partial charge in [-0.2, -0.15) is 0 Å². The second-order valence-electron chi connectivity index (χ2n) is 12.2. The summed E-state index contributed by atoms with van der Waals surface area (Å²) in [5, 5.41) is 15.6. The summed E-state index contributed by atoms with van der Waals surface area (Å²) in [4.78, 5) is 38.3. The first-order chi connectivity index (χ1) is 23.9. The Balaban J connectivity index is 0.951. The number of ether oxygens (including phenoxy) is 2. The summed E-state index contributed by atoms with van der Waals surface area (Å²) in [5.74, 6) is 0.133. The Morgan fingerprint density at radius 1 is 0.878 bits per heavy atom. The predicted octanol–water partition coefficient (Wildman–Crippen LogP) is 6.42. The molecule has 49 heavy (non-hydrogen) atoms. The van der Waals surface area contributed by atoms with Crippen LogP contribution in [0.5, 0.6) is 11.5 Å². The molecular formula is C40H41N3O6. The van der Waals surface area contributed by atoms with Gasteiger partial charge in [-0.3, -0.25) is 19.7 Å². The number of rotatable bonds is 14. The zero-order valence-electron chi connectivity index (χ0n) is 27.6. The second kappa shape index (κ2) is 15.7. The topological polar surface area (TPSA) is 117 Å². The zero-order valence-corrected chi connectivity index (χ0v) is 27.6. The summed E-state index contributed by atoms with van der Waals surface area (Å²) in [5.41, 5.74) is 8.01. The van der Waals surface area contributed by atoms with Crippen LogP contribution in [-0.2, 0) is 20.9 Å². The minimum atomic E-state index is -0.616. The molecule has 0 spiro atoms. The quantitative estimate of drug-likeness (QED) is 0.0813. The number of hydrogen-bond acceptors (Lipinski definition) is 7. The van der Waals surface area contributed by atoms with Gasteiger partial charge in [-0.25, -0.2) is 0 Å². The smallest absolute Gasteiger partial charge is 0.255 e. The Labute approximate surface area is 286 Å². The van der Waals surface area contributed by atoms with E-state index in [-0.39, 0.29) is 24.0 Å². The maximum absolute atomic E-state index is 12.9. The fraction of sp³-hybridized carbons (Fsp3) is 0.275. The summed E-state index contributed by atoms with van der Waals surface area (Å²) in [7, 11) is 0. The minimum absolute atomic E-state index is 0.174. The molecule has 2 aliphatic heterocycles. The summed E-state index contributed by atoms with van der Waals surface area (Å²) >= 11 is 0. The first kappa shape index (κ1) is 33.5. The van der Waals surface area contributed by atoms with E-state index >= 15 is 0 Å². The molecular weight excluding hydrogens is 618 g/mol. The minimum Gasteiger partial charge on any atom is -0.508 e. The average molecular weight is 660 g/mol. The summed E-state index contributed by atoms with van der Waals surface area (Å²) in [6.45, 7) is 4.68. The van der Waals surface area contributed by atoms with E-state index in [1.807, 2.05) is 42.5 Å². The maximum atomic E-state index is 12.9. The standard InChI is InChI=1S/C40H41N3O6/c1-2-34(27-7-4-3-5-8-27)38(28-9-14-32(44)15-10-28)29-11-16-33(17-12-29)49-24-23-48-22-6-21-41-31-13-18-35-30(25-31)26-43(40(35)47)36-19-20-37(45)42-39(36)46/h3-5,7-18,25,36,41,44H,2,6,19-24,26H2,1H3,(H,42,45,46). The van der Waals surface area contributed by atoms with E-state index in [4.69, 9.17) is 9.47 Å². The number of nitrogens with one attached hydrogen (secondary N) is 2. The number of fused-ring (bicyclic) bond motifs is 1. The molecule has 4 aromatic rings. The van der Waals surface area contributed by atoms with Crippen LogP contribution < -0.4 is 15.4 Å². The van der Waals surface area contributed by atoms with Crippen molar-refractivity contribution in [2.45, 2.75) is 45.2 Å². The Morgan fingerprint density at radius 2 is 1.61 bits per heavy atom. The van der Waals surface area contributed by atoms with E-state index in [9.17, 15) is 19.5 Å². The van der Waals surface area contributed by atoms with Gasteiger partial charge in [0.15, 0.2) is 0 Å². The van der Waals surface area contributed by atoms with E-state index < -0.39 is 11.9 Å². The normalized spacial score (nSPS) is 16.2. The van der Waals surface area contributed by atoms with Crippen molar-refractivity contribution in [3.63, 3.8) is 0 Å². The van der Waals surface area contributed by atoms with E-state index in [0.29, 0.717) is 44.9 Å². The molecule has 0 radical (unpaired) electrons. The van der Waals surface area contributed by atoms with E-state index in [1.165, 1.54) is 11.1 Å². The SMILES string of the molecule is CCC(=C(c1ccc(O)cc1)c1ccc(OCCOCCCNc2ccc3c(c2)CN(C2CCC(=O)NC2=O)C3=O)cc1)c1ccccc1. The number of amides is 3. The number of phenols is 1. The summed E-state index contributed by atoms with van der Waals surface area (Å²) < 4.78 is 11.8. The van der Waals surface area contributed by atoms with Gasteiger partial charge in [0.1, 0.15) is 24.1 Å². The molecule has 0 saturated carbocycles. The van der Waals surface area contributed by atoms with Gasteiger partial charge in [0.2, 0.25) is 11.8 Å². The highest BCUT2D eigenvalue weighted by molar-refractivity contribution is 6.05. The Bertz CT molecular complexity index is 1820. The Kier molecular flexibility index (Phi) is 10.7. The maximum Gasteiger partial charge on any atom is 0.255 e. The van der Waals surface area contributed by atoms with Crippen LogP contribution >= 0.6 is 0 Å². The molecule has 4 aromatic carbocycles. The van der Waals surface area contributed by atoms with Crippen molar-refractivity contribution in [1.82, 2.24) is 10.2 Å². The molecule has 2 aliphatic rings. The van der Waals surface area contributed by atoms with Crippen LogP contribution in [0.1, 0.15) is 65.2 Å². The molecule has 252 valence electrons. The third-order valence-corrected chi connectivity index (χ3v) is 8.89. The number of carbonyl (C=O) groups is 3. The molecule has 6 rings (SSSR count). The third kappa shape index (κ3) is 8.01. The first-order valence-electron chi connectivity index (χ1n) is 16.8. The molecule has 0 aliphatic carbocycles. The molecule has 3 amide bonds. The van der Waals surface area contributed by atoms with Gasteiger partial charge in [-0.15, -0.1) is 0 Å². The lowest BCUT2D eigenvalue weighted by atomic mass is 9.88. The molecule has 9 heteroatoms. The number of anilines is 1. The Hall–Kier alpha value is -5.41. The monoisotopic (exact) mass is 659 g/mol. The van der Waals surface area contributed by atoms with Crippen LogP contribution in [0.4, 0.5) is 5.69 Å². The van der Waals surface area contributed by atoms with Crippen molar-refractivity contribution in [2.24, 2.45) is 0 Å². The molecule has 1 fully saturated rings. The number of piperidine rings is 1. The van der Waals surface area contributed by atoms with Crippen molar-refractivity contribution < 1.29 is 29.0 Å². The molecule has 9 nitrogen and oxygen atoms in total. The van der Waals surface area contributed by atoms with Crippen molar-refractivity contribution in [2.75, 3.05) is 31.7 Å². The van der Waals surface area contributed by atoms with Gasteiger partial charge in [-0.1, -0.05) is 61.5 Å². The zero-order chi connectivity index (χ0) is 34.2. The average Bonchev–Trinajstić information content (AvgIpc) is 3.44. The Morgan fingerprint density at radius 3 is 2.33 bits per heavy atom.